The molecule has 0 amide bonds. The van der Waals surface area contributed by atoms with Crippen LogP contribution in [0, 0.1) is 0 Å². The van der Waals surface area contributed by atoms with Crippen LogP contribution in [0.1, 0.15) is 0 Å². The molecule has 2 atom stereocenters. The molecular formula is H12O9P5+3. The number of rotatable bonds is 0. The van der Waals surface area contributed by atoms with E-state index in [4.69, 9.17) is 43.1 Å². The molecule has 14 heteroatoms. The summed E-state index contributed by atoms with van der Waals surface area (Å²) in [4.78, 5) is 42.7. The molecule has 0 rings (SSSR count). The van der Waals surface area contributed by atoms with Crippen molar-refractivity contribution >= 4 is 44.6 Å². The van der Waals surface area contributed by atoms with Gasteiger partial charge in [0.15, 0.2) is 0 Å². The molecule has 0 spiro atoms. The SMILES string of the molecule is O=[P+](O)O.O=[P+](O)O.O=[P+](O)O.P.P. The Morgan fingerprint density at radius 2 is 0.500 bits per heavy atom. The Kier molecular flexibility index (Phi) is 49.5. The van der Waals surface area contributed by atoms with E-state index >= 15 is 0 Å². The molecule has 0 heterocycles. The molecule has 0 aliphatic carbocycles. The van der Waals surface area contributed by atoms with Gasteiger partial charge in [-0.15, -0.1) is 29.4 Å². The Bertz CT molecular complexity index is 111. The average Bonchev–Trinajstić information content (AvgIpc) is 1.54. The van der Waals surface area contributed by atoms with Crippen molar-refractivity contribution < 1.29 is 43.1 Å². The third-order valence-electron chi connectivity index (χ3n) is 0. The Hall–Kier alpha value is 0.920. The van der Waals surface area contributed by atoms with Gasteiger partial charge in [-0.3, -0.25) is 0 Å². The third kappa shape index (κ3) is 2170. The quantitative estimate of drug-likeness (QED) is 0.307. The second-order valence-corrected chi connectivity index (χ2v) is 2.27. The fraction of sp³-hybridized carbons (Fsp3) is 0. The van der Waals surface area contributed by atoms with Crippen molar-refractivity contribution in [3.8, 4) is 0 Å². The van der Waals surface area contributed by atoms with Gasteiger partial charge in [0.05, 0.1) is 0 Å². The second-order valence-electron chi connectivity index (χ2n) is 0.758. The maximum absolute atomic E-state index is 8.70. The van der Waals surface area contributed by atoms with Gasteiger partial charge >= 0.3 is 24.8 Å². The van der Waals surface area contributed by atoms with Crippen LogP contribution >= 0.6 is 44.6 Å². The van der Waals surface area contributed by atoms with Crippen LogP contribution in [0.2, 0.25) is 0 Å². The molecule has 0 fully saturated rings. The minimum Gasteiger partial charge on any atom is -0.153 e. The first-order chi connectivity index (χ1) is 5.20. The molecule has 0 aliphatic heterocycles. The smallest absolute Gasteiger partial charge is 0.153 e. The summed E-state index contributed by atoms with van der Waals surface area (Å²) in [5, 5.41) is 0. The fourth-order valence-electron chi connectivity index (χ4n) is 0. The average molecular weight is 311 g/mol. The highest BCUT2D eigenvalue weighted by atomic mass is 31.1. The summed E-state index contributed by atoms with van der Waals surface area (Å²) in [5.74, 6) is 0. The van der Waals surface area contributed by atoms with Crippen LogP contribution in [-0.2, 0) is 13.7 Å². The molecule has 0 saturated carbocycles. The standard InChI is InChI=1S/3HO3P.2H3P/c3*1-4(2)3;;/h3*(H-,1,2,3);2*1H3/p+3. The van der Waals surface area contributed by atoms with Gasteiger partial charge in [-0.05, 0) is 0 Å². The molecule has 14 heavy (non-hydrogen) atoms. The predicted molar refractivity (Wildman–Crippen MR) is 58.3 cm³/mol. The van der Waals surface area contributed by atoms with Crippen LogP contribution in [0.3, 0.4) is 0 Å². The fourth-order valence-corrected chi connectivity index (χ4v) is 0. The molecule has 0 radical (unpaired) electrons. The molecule has 2 unspecified atom stereocenters. The Morgan fingerprint density at radius 3 is 0.500 bits per heavy atom. The largest absolute Gasteiger partial charge is 0.692 e. The summed E-state index contributed by atoms with van der Waals surface area (Å²) in [6.07, 6.45) is 0. The van der Waals surface area contributed by atoms with Gasteiger partial charge in [0.2, 0.25) is 0 Å². The van der Waals surface area contributed by atoms with E-state index in [0.717, 1.165) is 0 Å². The van der Waals surface area contributed by atoms with Gasteiger partial charge in [0, 0.05) is 13.7 Å². The highest BCUT2D eigenvalue weighted by Crippen LogP contribution is 1.99. The molecular weight excluding hydrogens is 299 g/mol. The zero-order valence-electron chi connectivity index (χ0n) is 6.66. The van der Waals surface area contributed by atoms with E-state index in [9.17, 15) is 0 Å². The highest BCUT2D eigenvalue weighted by molar-refractivity contribution is 7.31. The van der Waals surface area contributed by atoms with Crippen LogP contribution in [0.25, 0.3) is 0 Å². The van der Waals surface area contributed by atoms with Crippen molar-refractivity contribution in [3.05, 3.63) is 0 Å². The summed E-state index contributed by atoms with van der Waals surface area (Å²) >= 11 is 0. The van der Waals surface area contributed by atoms with E-state index in [1.54, 1.807) is 0 Å². The van der Waals surface area contributed by atoms with Crippen molar-refractivity contribution in [2.24, 2.45) is 0 Å². The van der Waals surface area contributed by atoms with E-state index < -0.39 is 24.8 Å². The zero-order chi connectivity index (χ0) is 10.7. The molecule has 88 valence electrons. The van der Waals surface area contributed by atoms with Crippen molar-refractivity contribution in [1.29, 1.82) is 0 Å². The van der Waals surface area contributed by atoms with Gasteiger partial charge in [-0.1, -0.05) is 0 Å². The van der Waals surface area contributed by atoms with Crippen molar-refractivity contribution in [3.63, 3.8) is 0 Å². The number of hydrogen-bond donors (Lipinski definition) is 6. The molecule has 0 saturated heterocycles. The molecule has 0 aromatic carbocycles. The zero-order valence-corrected chi connectivity index (χ0v) is 12.2. The van der Waals surface area contributed by atoms with Crippen LogP contribution in [0.5, 0.6) is 0 Å². The number of hydrogen-bond acceptors (Lipinski definition) is 3. The van der Waals surface area contributed by atoms with Crippen LogP contribution in [0.4, 0.5) is 0 Å². The summed E-state index contributed by atoms with van der Waals surface area (Å²) in [7, 11) is -8.61. The molecule has 0 aliphatic rings. The maximum Gasteiger partial charge on any atom is 0.692 e. The highest BCUT2D eigenvalue weighted by Gasteiger charge is 1.93. The third-order valence-corrected chi connectivity index (χ3v) is 0. The van der Waals surface area contributed by atoms with E-state index in [2.05, 4.69) is 0 Å². The van der Waals surface area contributed by atoms with E-state index in [-0.39, 0.29) is 19.8 Å². The van der Waals surface area contributed by atoms with Crippen molar-refractivity contribution in [2.75, 3.05) is 0 Å². The van der Waals surface area contributed by atoms with E-state index in [1.807, 2.05) is 0 Å². The lowest BCUT2D eigenvalue weighted by Gasteiger charge is -1.34. The Balaban J connectivity index is -0.0000000270. The van der Waals surface area contributed by atoms with E-state index in [1.165, 1.54) is 0 Å². The van der Waals surface area contributed by atoms with Crippen molar-refractivity contribution in [2.45, 2.75) is 0 Å². The minimum absolute atomic E-state index is 0. The van der Waals surface area contributed by atoms with Crippen molar-refractivity contribution in [1.82, 2.24) is 0 Å². The van der Waals surface area contributed by atoms with Crippen LogP contribution in [-0.4, -0.2) is 29.4 Å². The van der Waals surface area contributed by atoms with Gasteiger partial charge < -0.3 is 0 Å². The normalized spacial score (nSPS) is 5.57. The van der Waals surface area contributed by atoms with Crippen LogP contribution < -0.4 is 0 Å². The lowest BCUT2D eigenvalue weighted by molar-refractivity contribution is 0.403. The topological polar surface area (TPSA) is 173 Å². The summed E-state index contributed by atoms with van der Waals surface area (Å²) in [6, 6.07) is 0. The summed E-state index contributed by atoms with van der Waals surface area (Å²) < 4.78 is 26.1. The van der Waals surface area contributed by atoms with Gasteiger partial charge in [-0.2, -0.15) is 19.8 Å². The minimum atomic E-state index is -2.87. The first-order valence-electron chi connectivity index (χ1n) is 1.75. The molecule has 0 bridgehead atoms. The maximum atomic E-state index is 8.70. The predicted octanol–water partition coefficient (Wildman–Crippen LogP) is -0.999. The Morgan fingerprint density at radius 1 is 0.500 bits per heavy atom. The first kappa shape index (κ1) is 29.4. The molecule has 9 nitrogen and oxygen atoms in total. The van der Waals surface area contributed by atoms with Gasteiger partial charge in [0.25, 0.3) is 0 Å². The Labute approximate surface area is 88.3 Å². The first-order valence-corrected chi connectivity index (χ1v) is 5.24. The lowest BCUT2D eigenvalue weighted by Crippen LogP contribution is -1.38. The molecule has 0 aromatic rings. The summed E-state index contributed by atoms with van der Waals surface area (Å²) in [5.41, 5.74) is 0. The second kappa shape index (κ2) is 23.6. The lowest BCUT2D eigenvalue weighted by atomic mass is 15.8. The molecule has 0 aromatic heterocycles. The molecule has 6 N–H and O–H groups in total. The van der Waals surface area contributed by atoms with Gasteiger partial charge in [0.1, 0.15) is 0 Å². The monoisotopic (exact) mass is 311 g/mol. The van der Waals surface area contributed by atoms with Gasteiger partial charge in [-0.25, -0.2) is 0 Å². The van der Waals surface area contributed by atoms with Crippen LogP contribution in [0.15, 0.2) is 0 Å². The summed E-state index contributed by atoms with van der Waals surface area (Å²) in [6.45, 7) is 0. The van der Waals surface area contributed by atoms with E-state index in [0.29, 0.717) is 0 Å².